The number of carbonyl (C=O) groups is 1. The van der Waals surface area contributed by atoms with Gasteiger partial charge in [0.25, 0.3) is 5.91 Å². The van der Waals surface area contributed by atoms with E-state index in [1.165, 1.54) is 0 Å². The molecule has 0 radical (unpaired) electrons. The highest BCUT2D eigenvalue weighted by molar-refractivity contribution is 6.37. The molecule has 0 aromatic heterocycles. The SMILES string of the molecule is Nc1ccc(NC(=C2C(=O)Nc3ccc(N)cc32)c2ccccc2)cc1. The molecule has 0 saturated heterocycles. The Kier molecular flexibility index (Phi) is 3.82. The molecule has 0 unspecified atom stereocenters. The lowest BCUT2D eigenvalue weighted by Crippen LogP contribution is -2.10. The zero-order valence-corrected chi connectivity index (χ0v) is 14.0. The monoisotopic (exact) mass is 342 g/mol. The zero-order valence-electron chi connectivity index (χ0n) is 14.0. The van der Waals surface area contributed by atoms with E-state index in [2.05, 4.69) is 10.6 Å². The summed E-state index contributed by atoms with van der Waals surface area (Å²) in [6.45, 7) is 0. The van der Waals surface area contributed by atoms with Crippen LogP contribution in [-0.2, 0) is 4.79 Å². The molecule has 1 aliphatic rings. The summed E-state index contributed by atoms with van der Waals surface area (Å²) in [6.07, 6.45) is 0. The summed E-state index contributed by atoms with van der Waals surface area (Å²) in [5, 5.41) is 6.29. The van der Waals surface area contributed by atoms with Crippen molar-refractivity contribution < 1.29 is 4.79 Å². The molecule has 4 rings (SSSR count). The van der Waals surface area contributed by atoms with E-state index in [0.717, 1.165) is 28.2 Å². The Hall–Kier alpha value is -3.73. The predicted octanol–water partition coefficient (Wildman–Crippen LogP) is 3.78. The van der Waals surface area contributed by atoms with Gasteiger partial charge in [0.1, 0.15) is 0 Å². The fourth-order valence-electron chi connectivity index (χ4n) is 3.03. The Morgan fingerprint density at radius 1 is 0.846 bits per heavy atom. The van der Waals surface area contributed by atoms with Crippen LogP contribution < -0.4 is 22.1 Å². The van der Waals surface area contributed by atoms with Gasteiger partial charge in [0.05, 0.1) is 11.3 Å². The van der Waals surface area contributed by atoms with Crippen LogP contribution in [0.3, 0.4) is 0 Å². The second-order valence-electron chi connectivity index (χ2n) is 6.12. The van der Waals surface area contributed by atoms with Gasteiger partial charge in [-0.2, -0.15) is 0 Å². The number of amides is 1. The third kappa shape index (κ3) is 2.86. The number of hydrogen-bond acceptors (Lipinski definition) is 4. The first-order chi connectivity index (χ1) is 12.6. The summed E-state index contributed by atoms with van der Waals surface area (Å²) in [4.78, 5) is 12.7. The molecule has 0 saturated carbocycles. The Balaban J connectivity index is 1.91. The molecule has 0 spiro atoms. The number of nitrogens with one attached hydrogen (secondary N) is 2. The van der Waals surface area contributed by atoms with Gasteiger partial charge >= 0.3 is 0 Å². The van der Waals surface area contributed by atoms with Crippen LogP contribution in [0.4, 0.5) is 22.7 Å². The summed E-state index contributed by atoms with van der Waals surface area (Å²) in [5.74, 6) is -0.160. The normalized spacial score (nSPS) is 14.5. The molecular weight excluding hydrogens is 324 g/mol. The molecule has 5 nitrogen and oxygen atoms in total. The highest BCUT2D eigenvalue weighted by Crippen LogP contribution is 2.38. The quantitative estimate of drug-likeness (QED) is 0.430. The second kappa shape index (κ2) is 6.29. The number of hydrogen-bond donors (Lipinski definition) is 4. The summed E-state index contributed by atoms with van der Waals surface area (Å²) in [5.41, 5.74) is 17.6. The Morgan fingerprint density at radius 3 is 2.27 bits per heavy atom. The molecule has 6 N–H and O–H groups in total. The van der Waals surface area contributed by atoms with E-state index in [4.69, 9.17) is 11.5 Å². The first-order valence-electron chi connectivity index (χ1n) is 8.25. The first-order valence-corrected chi connectivity index (χ1v) is 8.25. The molecule has 5 heteroatoms. The maximum atomic E-state index is 12.7. The molecule has 3 aromatic rings. The second-order valence-corrected chi connectivity index (χ2v) is 6.12. The minimum atomic E-state index is -0.160. The lowest BCUT2D eigenvalue weighted by atomic mass is 9.99. The van der Waals surface area contributed by atoms with Crippen molar-refractivity contribution in [1.29, 1.82) is 0 Å². The van der Waals surface area contributed by atoms with E-state index in [1.807, 2.05) is 66.7 Å². The van der Waals surface area contributed by atoms with Crippen molar-refractivity contribution in [3.63, 3.8) is 0 Å². The van der Waals surface area contributed by atoms with Gasteiger partial charge < -0.3 is 22.1 Å². The Labute approximate surface area is 151 Å². The molecule has 1 amide bonds. The largest absolute Gasteiger partial charge is 0.399 e. The Bertz CT molecular complexity index is 1010. The van der Waals surface area contributed by atoms with Gasteiger partial charge in [0.15, 0.2) is 0 Å². The van der Waals surface area contributed by atoms with Crippen LogP contribution in [0.2, 0.25) is 0 Å². The van der Waals surface area contributed by atoms with Crippen molar-refractivity contribution in [3.05, 3.63) is 83.9 Å². The molecule has 1 heterocycles. The molecule has 1 aliphatic heterocycles. The number of fused-ring (bicyclic) bond motifs is 1. The average Bonchev–Trinajstić information content (AvgIpc) is 2.97. The van der Waals surface area contributed by atoms with Crippen LogP contribution in [0.5, 0.6) is 0 Å². The van der Waals surface area contributed by atoms with Crippen LogP contribution in [0.15, 0.2) is 72.8 Å². The van der Waals surface area contributed by atoms with Gasteiger partial charge in [-0.05, 0) is 48.0 Å². The Morgan fingerprint density at radius 2 is 1.54 bits per heavy atom. The van der Waals surface area contributed by atoms with Crippen molar-refractivity contribution in [2.75, 3.05) is 22.1 Å². The number of benzene rings is 3. The standard InChI is InChI=1S/C21H18N4O/c22-14-6-9-16(10-7-14)24-20(13-4-2-1-3-5-13)19-17-12-15(23)8-11-18(17)25-21(19)26/h1-12,24H,22-23H2,(H,25,26). The summed E-state index contributed by atoms with van der Waals surface area (Å²) >= 11 is 0. The van der Waals surface area contributed by atoms with Crippen molar-refractivity contribution >= 4 is 39.9 Å². The summed E-state index contributed by atoms with van der Waals surface area (Å²) in [6, 6.07) is 22.5. The highest BCUT2D eigenvalue weighted by atomic mass is 16.2. The maximum Gasteiger partial charge on any atom is 0.258 e. The number of nitrogen functional groups attached to an aromatic ring is 2. The minimum Gasteiger partial charge on any atom is -0.399 e. The van der Waals surface area contributed by atoms with Crippen LogP contribution in [0, 0.1) is 0 Å². The van der Waals surface area contributed by atoms with Gasteiger partial charge in [-0.15, -0.1) is 0 Å². The van der Waals surface area contributed by atoms with Crippen LogP contribution >= 0.6 is 0 Å². The van der Waals surface area contributed by atoms with E-state index in [9.17, 15) is 4.79 Å². The molecule has 0 bridgehead atoms. The van der Waals surface area contributed by atoms with E-state index < -0.39 is 0 Å². The number of rotatable bonds is 3. The van der Waals surface area contributed by atoms with E-state index in [-0.39, 0.29) is 5.91 Å². The van der Waals surface area contributed by atoms with E-state index in [0.29, 0.717) is 16.9 Å². The van der Waals surface area contributed by atoms with Gasteiger partial charge in [-0.3, -0.25) is 4.79 Å². The fourth-order valence-corrected chi connectivity index (χ4v) is 3.03. The third-order valence-corrected chi connectivity index (χ3v) is 4.28. The molecule has 128 valence electrons. The predicted molar refractivity (Wildman–Crippen MR) is 107 cm³/mol. The average molecular weight is 342 g/mol. The summed E-state index contributed by atoms with van der Waals surface area (Å²) < 4.78 is 0. The lowest BCUT2D eigenvalue weighted by molar-refractivity contribution is -0.110. The number of carbonyl (C=O) groups excluding carboxylic acids is 1. The lowest BCUT2D eigenvalue weighted by Gasteiger charge is -2.15. The molecule has 0 fully saturated rings. The van der Waals surface area contributed by atoms with Gasteiger partial charge in [0.2, 0.25) is 0 Å². The molecular formula is C21H18N4O. The number of anilines is 4. The van der Waals surface area contributed by atoms with Crippen molar-refractivity contribution in [2.24, 2.45) is 0 Å². The van der Waals surface area contributed by atoms with Gasteiger partial charge in [0, 0.05) is 28.3 Å². The maximum absolute atomic E-state index is 12.7. The third-order valence-electron chi connectivity index (χ3n) is 4.28. The molecule has 0 aliphatic carbocycles. The molecule has 3 aromatic carbocycles. The van der Waals surface area contributed by atoms with Gasteiger partial charge in [-0.1, -0.05) is 30.3 Å². The minimum absolute atomic E-state index is 0.160. The molecule has 0 atom stereocenters. The smallest absolute Gasteiger partial charge is 0.258 e. The first kappa shape index (κ1) is 15.8. The zero-order chi connectivity index (χ0) is 18.1. The topological polar surface area (TPSA) is 93.2 Å². The van der Waals surface area contributed by atoms with Crippen LogP contribution in [0.1, 0.15) is 11.1 Å². The van der Waals surface area contributed by atoms with Crippen molar-refractivity contribution in [2.45, 2.75) is 0 Å². The van der Waals surface area contributed by atoms with E-state index >= 15 is 0 Å². The number of nitrogens with two attached hydrogens (primary N) is 2. The molecule has 26 heavy (non-hydrogen) atoms. The summed E-state index contributed by atoms with van der Waals surface area (Å²) in [7, 11) is 0. The van der Waals surface area contributed by atoms with E-state index in [1.54, 1.807) is 6.07 Å². The highest BCUT2D eigenvalue weighted by Gasteiger charge is 2.28. The fraction of sp³-hybridized carbons (Fsp3) is 0. The van der Waals surface area contributed by atoms with Crippen LogP contribution in [0.25, 0.3) is 11.3 Å². The van der Waals surface area contributed by atoms with Crippen molar-refractivity contribution in [1.82, 2.24) is 0 Å². The van der Waals surface area contributed by atoms with Crippen LogP contribution in [-0.4, -0.2) is 5.91 Å². The van der Waals surface area contributed by atoms with Crippen molar-refractivity contribution in [3.8, 4) is 0 Å². The van der Waals surface area contributed by atoms with Gasteiger partial charge in [-0.25, -0.2) is 0 Å².